The van der Waals surface area contributed by atoms with Crippen molar-refractivity contribution >= 4 is 11.9 Å². The van der Waals surface area contributed by atoms with Crippen molar-refractivity contribution in [2.24, 2.45) is 5.92 Å². The van der Waals surface area contributed by atoms with E-state index < -0.39 is 11.9 Å². The van der Waals surface area contributed by atoms with Gasteiger partial charge in [-0.25, -0.2) is 0 Å². The number of carbonyl (C=O) groups is 2. The van der Waals surface area contributed by atoms with Crippen LogP contribution in [-0.4, -0.2) is 23.7 Å². The zero-order valence-corrected chi connectivity index (χ0v) is 22.0. The van der Waals surface area contributed by atoms with Gasteiger partial charge in [0.2, 0.25) is 0 Å². The number of carboxylic acid groups (broad SMARTS) is 1. The molecule has 0 aromatic rings. The molecular weight excluding hydrogens is 412 g/mol. The lowest BCUT2D eigenvalue weighted by atomic mass is 9.97. The number of allylic oxidation sites excluding steroid dienone is 2. The van der Waals surface area contributed by atoms with Gasteiger partial charge in [0.25, 0.3) is 0 Å². The molecule has 0 amide bonds. The van der Waals surface area contributed by atoms with Gasteiger partial charge in [0.05, 0.1) is 18.9 Å². The Morgan fingerprint density at radius 2 is 1.12 bits per heavy atom. The number of ether oxygens (including phenoxy) is 1. The van der Waals surface area contributed by atoms with Crippen LogP contribution in [0.25, 0.3) is 0 Å². The second kappa shape index (κ2) is 25.3. The molecule has 1 unspecified atom stereocenters. The maximum Gasteiger partial charge on any atom is 0.307 e. The average molecular weight is 467 g/mol. The highest BCUT2D eigenvalue weighted by molar-refractivity contribution is 5.78. The number of hydrogen-bond donors (Lipinski definition) is 1. The van der Waals surface area contributed by atoms with Crippen molar-refractivity contribution in [1.29, 1.82) is 0 Å². The fraction of sp³-hybridized carbons (Fsp3) is 0.862. The molecule has 0 spiro atoms. The molecule has 0 aromatic carbocycles. The molecule has 0 radical (unpaired) electrons. The molecular formula is C29H54O4. The van der Waals surface area contributed by atoms with Crippen molar-refractivity contribution in [3.63, 3.8) is 0 Å². The van der Waals surface area contributed by atoms with E-state index in [-0.39, 0.29) is 12.4 Å². The summed E-state index contributed by atoms with van der Waals surface area (Å²) in [4.78, 5) is 23.0. The highest BCUT2D eigenvalue weighted by Crippen LogP contribution is 2.17. The third-order valence-electron chi connectivity index (χ3n) is 6.29. The highest BCUT2D eigenvalue weighted by Gasteiger charge is 2.21. The largest absolute Gasteiger partial charge is 0.481 e. The minimum Gasteiger partial charge on any atom is -0.481 e. The molecule has 0 rings (SSSR count). The lowest BCUT2D eigenvalue weighted by Crippen LogP contribution is -2.19. The summed E-state index contributed by atoms with van der Waals surface area (Å²) in [6.07, 6.45) is 29.2. The Balaban J connectivity index is 3.43. The first-order chi connectivity index (χ1) is 16.1. The monoisotopic (exact) mass is 466 g/mol. The number of carboxylic acids is 1. The van der Waals surface area contributed by atoms with Gasteiger partial charge in [-0.05, 0) is 38.5 Å². The summed E-state index contributed by atoms with van der Waals surface area (Å²) in [6, 6.07) is 0. The topological polar surface area (TPSA) is 63.6 Å². The van der Waals surface area contributed by atoms with E-state index in [1.807, 2.05) is 6.92 Å². The van der Waals surface area contributed by atoms with Gasteiger partial charge in [-0.3, -0.25) is 9.59 Å². The van der Waals surface area contributed by atoms with Crippen LogP contribution in [0.4, 0.5) is 0 Å². The summed E-state index contributed by atoms with van der Waals surface area (Å²) in [7, 11) is 0. The summed E-state index contributed by atoms with van der Waals surface area (Å²) in [5.41, 5.74) is 0. The molecule has 4 heteroatoms. The minimum absolute atomic E-state index is 0.000741. The van der Waals surface area contributed by atoms with Crippen LogP contribution in [0.3, 0.4) is 0 Å². The quantitative estimate of drug-likeness (QED) is 0.0828. The van der Waals surface area contributed by atoms with Crippen molar-refractivity contribution in [1.82, 2.24) is 0 Å². The zero-order valence-electron chi connectivity index (χ0n) is 22.0. The van der Waals surface area contributed by atoms with Crippen LogP contribution in [0.5, 0.6) is 0 Å². The number of esters is 1. The van der Waals surface area contributed by atoms with Crippen molar-refractivity contribution in [2.45, 2.75) is 149 Å². The Hall–Kier alpha value is -1.32. The van der Waals surface area contributed by atoms with Gasteiger partial charge in [0.1, 0.15) is 0 Å². The summed E-state index contributed by atoms with van der Waals surface area (Å²) in [5, 5.41) is 9.29. The second-order valence-corrected chi connectivity index (χ2v) is 9.60. The van der Waals surface area contributed by atoms with Crippen LogP contribution >= 0.6 is 0 Å². The van der Waals surface area contributed by atoms with Crippen molar-refractivity contribution in [3.8, 4) is 0 Å². The predicted molar refractivity (Wildman–Crippen MR) is 140 cm³/mol. The van der Waals surface area contributed by atoms with Gasteiger partial charge in [0, 0.05) is 0 Å². The normalized spacial score (nSPS) is 12.3. The fourth-order valence-electron chi connectivity index (χ4n) is 4.13. The predicted octanol–water partition coefficient (Wildman–Crippen LogP) is 9.02. The van der Waals surface area contributed by atoms with E-state index in [4.69, 9.17) is 4.74 Å². The standard InChI is InChI=1S/C29H54O4/c1-3-5-6-7-8-9-10-11-12-13-14-15-16-17-18-19-20-21-22-23-24-27(29(31)32)26-28(30)33-25-4-2/h16-17,27H,3-15,18-26H2,1-2H3,(H,31,32)/b17-16+. The van der Waals surface area contributed by atoms with Gasteiger partial charge in [-0.15, -0.1) is 0 Å². The lowest BCUT2D eigenvalue weighted by molar-refractivity contribution is -0.151. The van der Waals surface area contributed by atoms with Crippen LogP contribution in [0.15, 0.2) is 12.2 Å². The van der Waals surface area contributed by atoms with Crippen LogP contribution in [0.1, 0.15) is 149 Å². The number of hydrogen-bond acceptors (Lipinski definition) is 3. The first kappa shape index (κ1) is 31.7. The Labute approximate surface area is 204 Å². The smallest absolute Gasteiger partial charge is 0.307 e. The molecule has 0 aromatic heterocycles. The Morgan fingerprint density at radius 3 is 1.58 bits per heavy atom. The maximum absolute atomic E-state index is 11.6. The van der Waals surface area contributed by atoms with Crippen LogP contribution in [0.2, 0.25) is 0 Å². The van der Waals surface area contributed by atoms with Gasteiger partial charge in [-0.1, -0.05) is 116 Å². The first-order valence-corrected chi connectivity index (χ1v) is 14.1. The zero-order chi connectivity index (χ0) is 24.4. The third-order valence-corrected chi connectivity index (χ3v) is 6.29. The molecule has 1 atom stereocenters. The van der Waals surface area contributed by atoms with E-state index in [9.17, 15) is 14.7 Å². The van der Waals surface area contributed by atoms with Crippen molar-refractivity contribution in [3.05, 3.63) is 12.2 Å². The minimum atomic E-state index is -0.883. The summed E-state index contributed by atoms with van der Waals surface area (Å²) in [5.74, 6) is -1.87. The summed E-state index contributed by atoms with van der Waals surface area (Å²) in [6.45, 7) is 4.58. The molecule has 33 heavy (non-hydrogen) atoms. The number of unbranched alkanes of at least 4 members (excludes halogenated alkanes) is 16. The van der Waals surface area contributed by atoms with E-state index in [0.29, 0.717) is 13.0 Å². The van der Waals surface area contributed by atoms with Crippen LogP contribution < -0.4 is 0 Å². The Kier molecular flexibility index (Phi) is 24.3. The molecule has 0 aliphatic rings. The van der Waals surface area contributed by atoms with Gasteiger partial charge < -0.3 is 9.84 Å². The van der Waals surface area contributed by atoms with Crippen LogP contribution in [-0.2, 0) is 14.3 Å². The molecule has 0 saturated heterocycles. The second-order valence-electron chi connectivity index (χ2n) is 9.60. The Bertz CT molecular complexity index is 472. The van der Waals surface area contributed by atoms with E-state index in [1.54, 1.807) is 0 Å². The summed E-state index contributed by atoms with van der Waals surface area (Å²) >= 11 is 0. The molecule has 0 heterocycles. The number of aliphatic carboxylic acids is 1. The van der Waals surface area contributed by atoms with E-state index in [0.717, 1.165) is 32.1 Å². The van der Waals surface area contributed by atoms with E-state index in [1.165, 1.54) is 89.9 Å². The number of rotatable bonds is 25. The average Bonchev–Trinajstić information content (AvgIpc) is 2.80. The summed E-state index contributed by atoms with van der Waals surface area (Å²) < 4.78 is 5.01. The molecule has 0 fully saturated rings. The van der Waals surface area contributed by atoms with Crippen molar-refractivity contribution < 1.29 is 19.4 Å². The molecule has 0 aliphatic carbocycles. The van der Waals surface area contributed by atoms with E-state index >= 15 is 0 Å². The maximum atomic E-state index is 11.6. The number of carbonyl (C=O) groups excluding carboxylic acids is 1. The van der Waals surface area contributed by atoms with E-state index in [2.05, 4.69) is 19.1 Å². The first-order valence-electron chi connectivity index (χ1n) is 14.1. The van der Waals surface area contributed by atoms with Crippen LogP contribution in [0, 0.1) is 5.92 Å². The SMILES string of the molecule is CCCCCCCCCCCCC/C=C/CCCCCCCC(CC(=O)OCCC)C(=O)O. The lowest BCUT2D eigenvalue weighted by Gasteiger charge is -2.11. The van der Waals surface area contributed by atoms with Gasteiger partial charge >= 0.3 is 11.9 Å². The molecule has 4 nitrogen and oxygen atoms in total. The molecule has 194 valence electrons. The molecule has 0 saturated carbocycles. The molecule has 1 N–H and O–H groups in total. The third kappa shape index (κ3) is 23.6. The van der Waals surface area contributed by atoms with Gasteiger partial charge in [-0.2, -0.15) is 0 Å². The Morgan fingerprint density at radius 1 is 0.667 bits per heavy atom. The fourth-order valence-corrected chi connectivity index (χ4v) is 4.13. The van der Waals surface area contributed by atoms with Gasteiger partial charge in [0.15, 0.2) is 0 Å². The molecule has 0 aliphatic heterocycles. The molecule has 0 bridgehead atoms. The van der Waals surface area contributed by atoms with Crippen molar-refractivity contribution in [2.75, 3.05) is 6.61 Å². The highest BCUT2D eigenvalue weighted by atomic mass is 16.5.